The van der Waals surface area contributed by atoms with Crippen LogP contribution in [0.3, 0.4) is 0 Å². The first-order valence-corrected chi connectivity index (χ1v) is 5.83. The molecule has 0 bridgehead atoms. The lowest BCUT2D eigenvalue weighted by molar-refractivity contribution is 0.218. The van der Waals surface area contributed by atoms with Crippen molar-refractivity contribution in [3.05, 3.63) is 17.8 Å². The van der Waals surface area contributed by atoms with Crippen LogP contribution in [0.5, 0.6) is 5.88 Å². The summed E-state index contributed by atoms with van der Waals surface area (Å²) >= 11 is 0. The van der Waals surface area contributed by atoms with Gasteiger partial charge in [-0.1, -0.05) is 0 Å². The predicted octanol–water partition coefficient (Wildman–Crippen LogP) is 1.37. The maximum absolute atomic E-state index is 4.99. The fourth-order valence-corrected chi connectivity index (χ4v) is 2.13. The summed E-state index contributed by atoms with van der Waals surface area (Å²) in [6.45, 7) is 2.41. The van der Waals surface area contributed by atoms with Crippen LogP contribution in [-0.4, -0.2) is 42.3 Å². The number of rotatable bonds is 3. The monoisotopic (exact) mass is 221 g/mol. The second-order valence-electron chi connectivity index (χ2n) is 4.52. The molecular formula is C12H19N3O. The molecule has 0 amide bonds. The van der Waals surface area contributed by atoms with Crippen LogP contribution >= 0.6 is 0 Å². The summed E-state index contributed by atoms with van der Waals surface area (Å²) in [5.41, 5.74) is 1.08. The van der Waals surface area contributed by atoms with Crippen LogP contribution in [0.15, 0.2) is 12.1 Å². The minimum Gasteiger partial charge on any atom is -0.480 e. The molecule has 88 valence electrons. The standard InChI is InChI=1S/C12H19N3O/c1-15-7-5-10(6-8-15)9-11-3-4-12(16-2)14-13-11/h3-4,10H,5-9H2,1-2H3. The lowest BCUT2D eigenvalue weighted by atomic mass is 9.92. The highest BCUT2D eigenvalue weighted by Crippen LogP contribution is 2.20. The van der Waals surface area contributed by atoms with Crippen molar-refractivity contribution in [1.82, 2.24) is 15.1 Å². The molecule has 4 nitrogen and oxygen atoms in total. The average molecular weight is 221 g/mol. The maximum Gasteiger partial charge on any atom is 0.233 e. The van der Waals surface area contributed by atoms with Gasteiger partial charge in [0.1, 0.15) is 0 Å². The second kappa shape index (κ2) is 5.25. The van der Waals surface area contributed by atoms with Crippen molar-refractivity contribution < 1.29 is 4.74 Å². The second-order valence-corrected chi connectivity index (χ2v) is 4.52. The molecule has 1 fully saturated rings. The minimum absolute atomic E-state index is 0.590. The van der Waals surface area contributed by atoms with E-state index in [0.29, 0.717) is 5.88 Å². The van der Waals surface area contributed by atoms with Gasteiger partial charge in [-0.2, -0.15) is 5.10 Å². The highest BCUT2D eigenvalue weighted by molar-refractivity contribution is 5.11. The Bertz CT molecular complexity index is 318. The van der Waals surface area contributed by atoms with E-state index < -0.39 is 0 Å². The largest absolute Gasteiger partial charge is 0.480 e. The number of likely N-dealkylation sites (tertiary alicyclic amines) is 1. The molecule has 16 heavy (non-hydrogen) atoms. The number of nitrogens with zero attached hydrogens (tertiary/aromatic N) is 3. The number of aromatic nitrogens is 2. The molecule has 2 heterocycles. The van der Waals surface area contributed by atoms with Crippen molar-refractivity contribution in [3.63, 3.8) is 0 Å². The van der Waals surface area contributed by atoms with Crippen LogP contribution in [0.4, 0.5) is 0 Å². The Kier molecular flexibility index (Phi) is 3.72. The molecule has 4 heteroatoms. The SMILES string of the molecule is COc1ccc(CC2CCN(C)CC2)nn1. The first kappa shape index (κ1) is 11.3. The van der Waals surface area contributed by atoms with E-state index >= 15 is 0 Å². The van der Waals surface area contributed by atoms with Gasteiger partial charge in [0, 0.05) is 6.07 Å². The van der Waals surface area contributed by atoms with Crippen LogP contribution in [0, 0.1) is 5.92 Å². The Morgan fingerprint density at radius 1 is 1.31 bits per heavy atom. The first-order valence-electron chi connectivity index (χ1n) is 5.83. The molecule has 2 rings (SSSR count). The Morgan fingerprint density at radius 3 is 2.62 bits per heavy atom. The number of hydrogen-bond acceptors (Lipinski definition) is 4. The van der Waals surface area contributed by atoms with Crippen LogP contribution in [0.25, 0.3) is 0 Å². The fraction of sp³-hybridized carbons (Fsp3) is 0.667. The Labute approximate surface area is 96.6 Å². The van der Waals surface area contributed by atoms with Gasteiger partial charge in [-0.25, -0.2) is 0 Å². The molecule has 0 saturated carbocycles. The predicted molar refractivity (Wildman–Crippen MR) is 62.5 cm³/mol. The van der Waals surface area contributed by atoms with Crippen LogP contribution in [-0.2, 0) is 6.42 Å². The van der Waals surface area contributed by atoms with E-state index in [1.165, 1.54) is 25.9 Å². The zero-order valence-electron chi connectivity index (χ0n) is 10.0. The lowest BCUT2D eigenvalue weighted by Crippen LogP contribution is -2.31. The molecule has 0 aromatic carbocycles. The van der Waals surface area contributed by atoms with Gasteiger partial charge >= 0.3 is 0 Å². The van der Waals surface area contributed by atoms with Crippen molar-refractivity contribution >= 4 is 0 Å². The molecule has 0 aliphatic carbocycles. The molecule has 0 radical (unpaired) electrons. The highest BCUT2D eigenvalue weighted by Gasteiger charge is 2.17. The molecule has 0 unspecified atom stereocenters. The molecule has 0 spiro atoms. The van der Waals surface area contributed by atoms with Gasteiger partial charge in [0.05, 0.1) is 12.8 Å². The number of hydrogen-bond donors (Lipinski definition) is 0. The van der Waals surface area contributed by atoms with Gasteiger partial charge in [-0.05, 0) is 51.4 Å². The molecule has 0 atom stereocenters. The first-order chi connectivity index (χ1) is 7.78. The Morgan fingerprint density at radius 2 is 2.06 bits per heavy atom. The van der Waals surface area contributed by atoms with Crippen molar-refractivity contribution in [2.75, 3.05) is 27.2 Å². The van der Waals surface area contributed by atoms with Gasteiger partial charge in [0.15, 0.2) is 0 Å². The third-order valence-corrected chi connectivity index (χ3v) is 3.24. The number of methoxy groups -OCH3 is 1. The zero-order valence-corrected chi connectivity index (χ0v) is 10.0. The molecule has 0 N–H and O–H groups in total. The highest BCUT2D eigenvalue weighted by atomic mass is 16.5. The van der Waals surface area contributed by atoms with E-state index in [-0.39, 0.29) is 0 Å². The average Bonchev–Trinajstić information content (AvgIpc) is 2.33. The summed E-state index contributed by atoms with van der Waals surface area (Å²) in [5.74, 6) is 1.35. The van der Waals surface area contributed by atoms with Gasteiger partial charge in [-0.15, -0.1) is 5.10 Å². The van der Waals surface area contributed by atoms with Crippen LogP contribution < -0.4 is 4.74 Å². The normalized spacial score (nSPS) is 18.6. The topological polar surface area (TPSA) is 38.2 Å². The van der Waals surface area contributed by atoms with E-state index in [1.807, 2.05) is 12.1 Å². The molecule has 1 aliphatic rings. The molecule has 1 aliphatic heterocycles. The summed E-state index contributed by atoms with van der Waals surface area (Å²) in [6.07, 6.45) is 3.58. The van der Waals surface area contributed by atoms with Crippen molar-refractivity contribution in [2.45, 2.75) is 19.3 Å². The fourth-order valence-electron chi connectivity index (χ4n) is 2.13. The summed E-state index contributed by atoms with van der Waals surface area (Å²) in [5, 5.41) is 8.17. The lowest BCUT2D eigenvalue weighted by Gasteiger charge is -2.28. The Balaban J connectivity index is 1.88. The molecule has 1 aromatic rings. The molecule has 1 saturated heterocycles. The van der Waals surface area contributed by atoms with Crippen LogP contribution in [0.2, 0.25) is 0 Å². The summed E-state index contributed by atoms with van der Waals surface area (Å²) < 4.78 is 4.99. The number of ether oxygens (including phenoxy) is 1. The Hall–Kier alpha value is -1.16. The van der Waals surface area contributed by atoms with Crippen LogP contribution in [0.1, 0.15) is 18.5 Å². The number of piperidine rings is 1. The summed E-state index contributed by atoms with van der Waals surface area (Å²) in [6, 6.07) is 3.90. The summed E-state index contributed by atoms with van der Waals surface area (Å²) in [4.78, 5) is 2.39. The van der Waals surface area contributed by atoms with Crippen molar-refractivity contribution in [3.8, 4) is 5.88 Å². The third kappa shape index (κ3) is 2.92. The molecular weight excluding hydrogens is 202 g/mol. The van der Waals surface area contributed by atoms with Crippen molar-refractivity contribution in [2.24, 2.45) is 5.92 Å². The zero-order chi connectivity index (χ0) is 11.4. The third-order valence-electron chi connectivity index (χ3n) is 3.24. The van der Waals surface area contributed by atoms with Gasteiger partial charge in [0.25, 0.3) is 0 Å². The van der Waals surface area contributed by atoms with E-state index in [2.05, 4.69) is 22.1 Å². The van der Waals surface area contributed by atoms with Gasteiger partial charge in [-0.3, -0.25) is 0 Å². The van der Waals surface area contributed by atoms with E-state index in [4.69, 9.17) is 4.74 Å². The van der Waals surface area contributed by atoms with Crippen molar-refractivity contribution in [1.29, 1.82) is 0 Å². The van der Waals surface area contributed by atoms with E-state index in [9.17, 15) is 0 Å². The van der Waals surface area contributed by atoms with E-state index in [1.54, 1.807) is 7.11 Å². The minimum atomic E-state index is 0.590. The van der Waals surface area contributed by atoms with E-state index in [0.717, 1.165) is 18.0 Å². The summed E-state index contributed by atoms with van der Waals surface area (Å²) in [7, 11) is 3.80. The van der Waals surface area contributed by atoms with Gasteiger partial charge in [0.2, 0.25) is 5.88 Å². The van der Waals surface area contributed by atoms with Gasteiger partial charge < -0.3 is 9.64 Å². The smallest absolute Gasteiger partial charge is 0.233 e. The quantitative estimate of drug-likeness (QED) is 0.772. The maximum atomic E-state index is 4.99. The molecule has 1 aromatic heterocycles.